The first-order valence-corrected chi connectivity index (χ1v) is 48.2. The van der Waals surface area contributed by atoms with E-state index in [4.69, 9.17) is 0 Å². The summed E-state index contributed by atoms with van der Waals surface area (Å²) in [4.78, 5) is 46.1. The standard InChI is InChI=1S/2C15H22F2N2.5C15H24N2O/c2*1-4-12-7-8-19(10-15(12,16)17)13-5-6-14(11(2)3)18-9-13;5*1-11(2)14-6-5-13(9-16-14)17-10-15(4,18)8-7-12(17)3/h2*5-6,9,11-12H,4,7-8,10H2,1-3H3;5*5-6,9,11-12,18H,7-8,10H2,1-4H3/t2*12-;12-,15+;3*12-,15-;/m100110./s1. The second-order valence-corrected chi connectivity index (χ2v) is 41.9. The number of pyridine rings is 7. The van der Waals surface area contributed by atoms with E-state index < -0.39 is 51.7 Å². The minimum Gasteiger partial charge on any atom is -0.388 e. The molecule has 0 radical (unpaired) electrons. The second kappa shape index (κ2) is 46.0. The van der Waals surface area contributed by atoms with Crippen LogP contribution in [0.15, 0.2) is 128 Å². The summed E-state index contributed by atoms with van der Waals surface area (Å²) < 4.78 is 55.8. The summed E-state index contributed by atoms with van der Waals surface area (Å²) in [5, 5.41) is 51.0. The molecule has 7 aromatic heterocycles. The molecule has 14 rings (SSSR count). The van der Waals surface area contributed by atoms with Crippen LogP contribution in [-0.4, -0.2) is 189 Å². The minimum atomic E-state index is -2.59. The molecule has 712 valence electrons. The number of aromatic nitrogens is 7. The van der Waals surface area contributed by atoms with Crippen LogP contribution >= 0.6 is 0 Å². The number of hydrogen-bond donors (Lipinski definition) is 5. The first-order valence-electron chi connectivity index (χ1n) is 48.2. The Balaban J connectivity index is 0.000000185. The van der Waals surface area contributed by atoms with Crippen LogP contribution in [0.3, 0.4) is 0 Å². The van der Waals surface area contributed by atoms with E-state index in [1.54, 1.807) is 22.2 Å². The van der Waals surface area contributed by atoms with Crippen molar-refractivity contribution in [1.29, 1.82) is 0 Å². The topological polar surface area (TPSA) is 214 Å². The molecular formula is C105H164F4N14O5. The summed E-state index contributed by atoms with van der Waals surface area (Å²) in [6.07, 6.45) is 24.8. The molecule has 0 aromatic carbocycles. The SMILES string of the molecule is CC(C)c1ccc(N2CC(C)(O)CCC2C)cn1.CC(C)c1ccc(N2C[C@@](C)(O)CC[C@@H]2C)cn1.CC(C)c1ccc(N2C[C@](C)(O)CC[C@@H]2C)cn1.CC(C)c1ccc(N2C[C@](C)(O)CC[C@H]2C)cn1.CC(C)c1ccc(N2C[C@](C)(O)CC[C@H]2C)cn1.CC[C@@H]1CCN(c2ccc(C(C)C)nc2)CC1(F)F.CC[C@H]1CCN(c2ccc(C(C)C)nc2)CC1(F)F. The van der Waals surface area contributed by atoms with Gasteiger partial charge in [-0.25, -0.2) is 17.6 Å². The zero-order valence-corrected chi connectivity index (χ0v) is 83.0. The summed E-state index contributed by atoms with van der Waals surface area (Å²) >= 11 is 0. The van der Waals surface area contributed by atoms with Crippen LogP contribution < -0.4 is 34.3 Å². The summed E-state index contributed by atoms with van der Waals surface area (Å²) in [5.74, 6) is -3.13. The Labute approximate surface area is 768 Å². The molecule has 5 N–H and O–H groups in total. The van der Waals surface area contributed by atoms with Gasteiger partial charge in [-0.05, 0) is 285 Å². The zero-order valence-electron chi connectivity index (χ0n) is 83.0. The Morgan fingerprint density at radius 2 is 0.438 bits per heavy atom. The predicted octanol–water partition coefficient (Wildman–Crippen LogP) is 22.9. The van der Waals surface area contributed by atoms with Gasteiger partial charge >= 0.3 is 0 Å². The normalized spacial score (nSPS) is 27.0. The van der Waals surface area contributed by atoms with E-state index in [1.165, 1.54) is 0 Å². The van der Waals surface area contributed by atoms with E-state index in [2.05, 4.69) is 252 Å². The van der Waals surface area contributed by atoms with Gasteiger partial charge in [-0.2, -0.15) is 0 Å². The van der Waals surface area contributed by atoms with Crippen molar-refractivity contribution in [3.05, 3.63) is 168 Å². The molecular weight excluding hydrogens is 1610 g/mol. The predicted molar refractivity (Wildman–Crippen MR) is 523 cm³/mol. The van der Waals surface area contributed by atoms with Crippen molar-refractivity contribution >= 4 is 39.8 Å². The van der Waals surface area contributed by atoms with Gasteiger partial charge in [-0.15, -0.1) is 0 Å². The molecule has 2 unspecified atom stereocenters. The molecule has 7 saturated heterocycles. The van der Waals surface area contributed by atoms with Crippen molar-refractivity contribution in [1.82, 2.24) is 34.9 Å². The molecule has 0 bridgehead atoms. The van der Waals surface area contributed by atoms with Gasteiger partial charge < -0.3 is 59.8 Å². The highest BCUT2D eigenvalue weighted by Gasteiger charge is 2.46. The molecule has 7 aliphatic heterocycles. The average Bonchev–Trinajstić information content (AvgIpc) is 0.697. The van der Waals surface area contributed by atoms with E-state index >= 15 is 0 Å². The Hall–Kier alpha value is -7.83. The zero-order chi connectivity index (χ0) is 94.8. The van der Waals surface area contributed by atoms with E-state index in [0.717, 1.165) is 144 Å². The molecule has 0 amide bonds. The summed E-state index contributed by atoms with van der Waals surface area (Å²) in [7, 11) is 0. The molecule has 23 heteroatoms. The van der Waals surface area contributed by atoms with Gasteiger partial charge in [0.25, 0.3) is 11.8 Å². The lowest BCUT2D eigenvalue weighted by atomic mass is 9.90. The number of piperidine rings is 7. The fourth-order valence-corrected chi connectivity index (χ4v) is 17.9. The molecule has 12 atom stereocenters. The summed E-state index contributed by atoms with van der Waals surface area (Å²) in [5.41, 5.74) is 11.9. The van der Waals surface area contributed by atoms with Crippen molar-refractivity contribution in [3.8, 4) is 0 Å². The molecule has 0 spiro atoms. The molecule has 128 heavy (non-hydrogen) atoms. The molecule has 0 saturated carbocycles. The van der Waals surface area contributed by atoms with Crippen LogP contribution in [0.5, 0.6) is 0 Å². The van der Waals surface area contributed by atoms with Crippen LogP contribution in [-0.2, 0) is 0 Å². The number of aliphatic hydroxyl groups is 5. The molecule has 7 aliphatic rings. The van der Waals surface area contributed by atoms with E-state index in [-0.39, 0.29) is 13.1 Å². The van der Waals surface area contributed by atoms with Crippen molar-refractivity contribution in [2.24, 2.45) is 11.8 Å². The number of nitrogens with zero attached hydrogens (tertiary/aromatic N) is 14. The van der Waals surface area contributed by atoms with Gasteiger partial charge in [-0.3, -0.25) is 34.9 Å². The van der Waals surface area contributed by atoms with Crippen LogP contribution in [0.2, 0.25) is 0 Å². The van der Waals surface area contributed by atoms with Gasteiger partial charge in [-0.1, -0.05) is 111 Å². The lowest BCUT2D eigenvalue weighted by Crippen LogP contribution is -2.50. The Bertz CT molecular complexity index is 3860. The first-order chi connectivity index (χ1) is 59.8. The molecule has 19 nitrogen and oxygen atoms in total. The third-order valence-corrected chi connectivity index (χ3v) is 27.1. The number of β-amino-alcohol motifs (C(OH)–C–C–N with tert-alkyl or cyclic N) is 5. The largest absolute Gasteiger partial charge is 0.388 e. The van der Waals surface area contributed by atoms with Gasteiger partial charge in [0.1, 0.15) is 0 Å². The van der Waals surface area contributed by atoms with Crippen molar-refractivity contribution < 1.29 is 43.1 Å². The fraction of sp³-hybridized carbons (Fsp3) is 0.667. The minimum absolute atomic E-state index is 0.186. The number of hydrogen-bond acceptors (Lipinski definition) is 19. The number of alkyl halides is 4. The number of rotatable bonds is 16. The van der Waals surface area contributed by atoms with Crippen LogP contribution in [0.25, 0.3) is 0 Å². The molecule has 7 fully saturated rings. The fourth-order valence-electron chi connectivity index (χ4n) is 17.9. The quantitative estimate of drug-likeness (QED) is 0.0569. The number of anilines is 7. The first kappa shape index (κ1) is 106. The lowest BCUT2D eigenvalue weighted by molar-refractivity contribution is -0.0661. The maximum absolute atomic E-state index is 14.0. The number of halogens is 4. The van der Waals surface area contributed by atoms with E-state index in [9.17, 15) is 43.1 Å². The van der Waals surface area contributed by atoms with Gasteiger partial charge in [0.05, 0.1) is 124 Å². The summed E-state index contributed by atoms with van der Waals surface area (Å²) in [6.45, 7) is 58.6. The second-order valence-electron chi connectivity index (χ2n) is 41.9. The van der Waals surface area contributed by atoms with Gasteiger partial charge in [0.2, 0.25) is 0 Å². The van der Waals surface area contributed by atoms with Crippen molar-refractivity contribution in [3.63, 3.8) is 0 Å². The highest BCUT2D eigenvalue weighted by atomic mass is 19.3. The lowest BCUT2D eigenvalue weighted by Gasteiger charge is -2.42. The van der Waals surface area contributed by atoms with Gasteiger partial charge in [0.15, 0.2) is 0 Å². The van der Waals surface area contributed by atoms with Gasteiger partial charge in [0, 0.05) is 128 Å². The van der Waals surface area contributed by atoms with Crippen LogP contribution in [0.4, 0.5) is 57.4 Å². The smallest absolute Gasteiger partial charge is 0.268 e. The average molecular weight is 1780 g/mol. The van der Waals surface area contributed by atoms with Crippen molar-refractivity contribution in [2.45, 2.75) is 381 Å². The molecule has 0 aliphatic carbocycles. The third-order valence-electron chi connectivity index (χ3n) is 27.1. The van der Waals surface area contributed by atoms with E-state index in [1.807, 2.05) is 104 Å². The van der Waals surface area contributed by atoms with Crippen LogP contribution in [0.1, 0.15) is 351 Å². The maximum Gasteiger partial charge on any atom is 0.268 e. The molecule has 7 aromatic rings. The van der Waals surface area contributed by atoms with Crippen LogP contribution in [0, 0.1) is 11.8 Å². The van der Waals surface area contributed by atoms with Crippen molar-refractivity contribution in [2.75, 3.05) is 93.2 Å². The highest BCUT2D eigenvalue weighted by molar-refractivity contribution is 5.53. The molecule has 14 heterocycles. The Kier molecular flexibility index (Phi) is 37.9. The monoisotopic (exact) mass is 1780 g/mol. The Morgan fingerprint density at radius 1 is 0.273 bits per heavy atom. The highest BCUT2D eigenvalue weighted by Crippen LogP contribution is 2.41. The maximum atomic E-state index is 14.0. The third kappa shape index (κ3) is 30.9. The Morgan fingerprint density at radius 3 is 0.570 bits per heavy atom. The van der Waals surface area contributed by atoms with E-state index in [0.29, 0.717) is 143 Å². The summed E-state index contributed by atoms with van der Waals surface area (Å²) in [6, 6.07) is 31.1.